The molecule has 3 nitrogen and oxygen atoms in total. The molecule has 0 fully saturated rings. The first-order chi connectivity index (χ1) is 8.20. The van der Waals surface area contributed by atoms with E-state index in [9.17, 15) is 4.39 Å². The van der Waals surface area contributed by atoms with Gasteiger partial charge in [-0.1, -0.05) is 23.7 Å². The highest BCUT2D eigenvalue weighted by molar-refractivity contribution is 6.30. The Balaban J connectivity index is 2.35. The highest BCUT2D eigenvalue weighted by Gasteiger charge is 2.07. The average molecular weight is 248 g/mol. The Labute approximate surface area is 102 Å². The summed E-state index contributed by atoms with van der Waals surface area (Å²) >= 11 is 5.60. The zero-order chi connectivity index (χ0) is 12.3. The molecule has 1 heterocycles. The first-order valence-corrected chi connectivity index (χ1v) is 5.15. The van der Waals surface area contributed by atoms with Gasteiger partial charge in [0.2, 0.25) is 0 Å². The monoisotopic (exact) mass is 247 g/mol. The summed E-state index contributed by atoms with van der Waals surface area (Å²) < 4.78 is 13.5. The van der Waals surface area contributed by atoms with Gasteiger partial charge in [0.05, 0.1) is 16.3 Å². The fourth-order valence-corrected chi connectivity index (χ4v) is 1.47. The maximum atomic E-state index is 13.5. The summed E-state index contributed by atoms with van der Waals surface area (Å²) in [5.74, 6) is -0.526. The Hall–Kier alpha value is -2.12. The Morgan fingerprint density at radius 3 is 2.82 bits per heavy atom. The van der Waals surface area contributed by atoms with Crippen LogP contribution in [-0.4, -0.2) is 4.98 Å². The van der Waals surface area contributed by atoms with Gasteiger partial charge in [-0.05, 0) is 18.2 Å². The molecule has 5 heteroatoms. The van der Waals surface area contributed by atoms with Crippen molar-refractivity contribution in [3.63, 3.8) is 0 Å². The van der Waals surface area contributed by atoms with Gasteiger partial charge in [-0.3, -0.25) is 0 Å². The van der Waals surface area contributed by atoms with Gasteiger partial charge in [0.1, 0.15) is 6.07 Å². The van der Waals surface area contributed by atoms with Crippen molar-refractivity contribution in [2.75, 3.05) is 5.32 Å². The maximum absolute atomic E-state index is 13.5. The van der Waals surface area contributed by atoms with Crippen LogP contribution in [0.25, 0.3) is 0 Å². The van der Waals surface area contributed by atoms with Crippen LogP contribution in [-0.2, 0) is 0 Å². The molecule has 0 atom stereocenters. The second-order valence-electron chi connectivity index (χ2n) is 3.27. The van der Waals surface area contributed by atoms with E-state index in [4.69, 9.17) is 16.9 Å². The predicted molar refractivity (Wildman–Crippen MR) is 63.6 cm³/mol. The van der Waals surface area contributed by atoms with Crippen molar-refractivity contribution in [2.24, 2.45) is 0 Å². The number of hydrogen-bond donors (Lipinski definition) is 1. The van der Waals surface area contributed by atoms with Crippen molar-refractivity contribution < 1.29 is 4.39 Å². The van der Waals surface area contributed by atoms with E-state index in [2.05, 4.69) is 10.3 Å². The van der Waals surface area contributed by atoms with Gasteiger partial charge in [-0.2, -0.15) is 5.26 Å². The number of halogens is 2. The van der Waals surface area contributed by atoms with E-state index < -0.39 is 5.82 Å². The fraction of sp³-hybridized carbons (Fsp3) is 0. The Bertz CT molecular complexity index is 593. The predicted octanol–water partition coefficient (Wildman–Crippen LogP) is 3.49. The van der Waals surface area contributed by atoms with E-state index in [0.29, 0.717) is 11.3 Å². The topological polar surface area (TPSA) is 48.7 Å². The summed E-state index contributed by atoms with van der Waals surface area (Å²) in [4.78, 5) is 3.82. The van der Waals surface area contributed by atoms with Gasteiger partial charge in [0.15, 0.2) is 11.6 Å². The average Bonchev–Trinajstić information content (AvgIpc) is 2.33. The molecule has 1 aromatic heterocycles. The van der Waals surface area contributed by atoms with Gasteiger partial charge in [-0.15, -0.1) is 0 Å². The van der Waals surface area contributed by atoms with E-state index >= 15 is 0 Å². The lowest BCUT2D eigenvalue weighted by molar-refractivity contribution is 0.626. The van der Waals surface area contributed by atoms with E-state index in [1.165, 1.54) is 6.20 Å². The highest BCUT2D eigenvalue weighted by Crippen LogP contribution is 2.22. The van der Waals surface area contributed by atoms with Crippen LogP contribution in [0.2, 0.25) is 5.02 Å². The summed E-state index contributed by atoms with van der Waals surface area (Å²) in [6.07, 6.45) is 1.34. The lowest BCUT2D eigenvalue weighted by Gasteiger charge is -2.07. The summed E-state index contributed by atoms with van der Waals surface area (Å²) in [7, 11) is 0. The standard InChI is InChI=1S/C12H7ClFN3/c13-9-5-10(14)12(16-7-9)17-11-4-2-1-3-8(11)6-15/h1-5,7H,(H,16,17). The number of anilines is 2. The molecule has 1 N–H and O–H groups in total. The van der Waals surface area contributed by atoms with Gasteiger partial charge < -0.3 is 5.32 Å². The first-order valence-electron chi connectivity index (χ1n) is 4.78. The molecular formula is C12H7ClFN3. The summed E-state index contributed by atoms with van der Waals surface area (Å²) in [5.41, 5.74) is 0.923. The zero-order valence-electron chi connectivity index (χ0n) is 8.61. The molecule has 0 aliphatic rings. The van der Waals surface area contributed by atoms with Crippen molar-refractivity contribution in [1.82, 2.24) is 4.98 Å². The molecule has 0 saturated carbocycles. The molecular weight excluding hydrogens is 241 g/mol. The summed E-state index contributed by atoms with van der Waals surface area (Å²) in [6, 6.07) is 9.95. The van der Waals surface area contributed by atoms with Crippen LogP contribution in [0, 0.1) is 17.1 Å². The number of hydrogen-bond acceptors (Lipinski definition) is 3. The van der Waals surface area contributed by atoms with Crippen LogP contribution in [0.5, 0.6) is 0 Å². The number of nitrogens with one attached hydrogen (secondary N) is 1. The van der Waals surface area contributed by atoms with Crippen LogP contribution in [0.3, 0.4) is 0 Å². The van der Waals surface area contributed by atoms with Crippen molar-refractivity contribution in [2.45, 2.75) is 0 Å². The highest BCUT2D eigenvalue weighted by atomic mass is 35.5. The Kier molecular flexibility index (Phi) is 3.22. The molecule has 0 amide bonds. The molecule has 0 bridgehead atoms. The minimum atomic E-state index is -0.565. The van der Waals surface area contributed by atoms with Crippen LogP contribution in [0.15, 0.2) is 36.5 Å². The molecule has 0 unspecified atom stereocenters. The number of pyridine rings is 1. The van der Waals surface area contributed by atoms with Crippen LogP contribution in [0.1, 0.15) is 5.56 Å². The number of nitrogens with zero attached hydrogens (tertiary/aromatic N) is 2. The normalized spacial score (nSPS) is 9.71. The number of rotatable bonds is 2. The second kappa shape index (κ2) is 4.81. The van der Waals surface area contributed by atoms with Crippen LogP contribution in [0.4, 0.5) is 15.9 Å². The lowest BCUT2D eigenvalue weighted by atomic mass is 10.2. The van der Waals surface area contributed by atoms with E-state index in [-0.39, 0.29) is 10.8 Å². The third kappa shape index (κ3) is 2.52. The SMILES string of the molecule is N#Cc1ccccc1Nc1ncc(Cl)cc1F. The maximum Gasteiger partial charge on any atom is 0.167 e. The Morgan fingerprint density at radius 1 is 1.35 bits per heavy atom. The van der Waals surface area contributed by atoms with Crippen molar-refractivity contribution in [3.05, 3.63) is 52.9 Å². The van der Waals surface area contributed by atoms with Gasteiger partial charge >= 0.3 is 0 Å². The number of aromatic nitrogens is 1. The minimum Gasteiger partial charge on any atom is -0.337 e. The molecule has 0 radical (unpaired) electrons. The number of benzene rings is 1. The van der Waals surface area contributed by atoms with Crippen molar-refractivity contribution in [1.29, 1.82) is 5.26 Å². The van der Waals surface area contributed by atoms with Gasteiger partial charge in [0, 0.05) is 6.20 Å². The van der Waals surface area contributed by atoms with E-state index in [0.717, 1.165) is 6.07 Å². The second-order valence-corrected chi connectivity index (χ2v) is 3.70. The van der Waals surface area contributed by atoms with E-state index in [1.807, 2.05) is 6.07 Å². The van der Waals surface area contributed by atoms with Crippen molar-refractivity contribution in [3.8, 4) is 6.07 Å². The molecule has 2 rings (SSSR count). The molecule has 2 aromatic rings. The third-order valence-corrected chi connectivity index (χ3v) is 2.32. The quantitative estimate of drug-likeness (QED) is 0.884. The van der Waals surface area contributed by atoms with Crippen molar-refractivity contribution >= 4 is 23.1 Å². The molecule has 84 valence electrons. The minimum absolute atomic E-state index is 0.0390. The summed E-state index contributed by atoms with van der Waals surface area (Å²) in [5, 5.41) is 11.9. The third-order valence-electron chi connectivity index (χ3n) is 2.11. The van der Waals surface area contributed by atoms with Gasteiger partial charge in [-0.25, -0.2) is 9.37 Å². The van der Waals surface area contributed by atoms with Crippen LogP contribution >= 0.6 is 11.6 Å². The molecule has 0 spiro atoms. The number of nitriles is 1. The lowest BCUT2D eigenvalue weighted by Crippen LogP contribution is -1.98. The molecule has 0 aliphatic carbocycles. The molecule has 0 saturated heterocycles. The van der Waals surface area contributed by atoms with E-state index in [1.54, 1.807) is 24.3 Å². The molecule has 1 aromatic carbocycles. The number of para-hydroxylation sites is 1. The zero-order valence-corrected chi connectivity index (χ0v) is 9.37. The first kappa shape index (κ1) is 11.4. The molecule has 17 heavy (non-hydrogen) atoms. The van der Waals surface area contributed by atoms with Crippen LogP contribution < -0.4 is 5.32 Å². The smallest absolute Gasteiger partial charge is 0.167 e. The summed E-state index contributed by atoms with van der Waals surface area (Å²) in [6.45, 7) is 0. The largest absolute Gasteiger partial charge is 0.337 e. The molecule has 0 aliphatic heterocycles. The Morgan fingerprint density at radius 2 is 2.12 bits per heavy atom. The fourth-order valence-electron chi connectivity index (χ4n) is 1.32. The van der Waals surface area contributed by atoms with Gasteiger partial charge in [0.25, 0.3) is 0 Å².